The molecular formula is C12H21N3OS. The fourth-order valence-electron chi connectivity index (χ4n) is 1.90. The van der Waals surface area contributed by atoms with Crippen LogP contribution in [0.4, 0.5) is 0 Å². The van der Waals surface area contributed by atoms with E-state index < -0.39 is 0 Å². The van der Waals surface area contributed by atoms with Crippen LogP contribution in [0.1, 0.15) is 50.1 Å². The van der Waals surface area contributed by atoms with E-state index >= 15 is 0 Å². The Morgan fingerprint density at radius 3 is 3.06 bits per heavy atom. The van der Waals surface area contributed by atoms with Gasteiger partial charge in [-0.2, -0.15) is 0 Å². The summed E-state index contributed by atoms with van der Waals surface area (Å²) < 4.78 is 5.70. The Balaban J connectivity index is 1.74. The normalized spacial score (nSPS) is 20.3. The van der Waals surface area contributed by atoms with E-state index in [4.69, 9.17) is 4.42 Å². The lowest BCUT2D eigenvalue weighted by atomic mass is 10.2. The van der Waals surface area contributed by atoms with Gasteiger partial charge in [0.15, 0.2) is 0 Å². The molecule has 0 aromatic carbocycles. The molecule has 2 rings (SSSR count). The van der Waals surface area contributed by atoms with Gasteiger partial charge in [-0.3, -0.25) is 0 Å². The number of hydrogen-bond acceptors (Lipinski definition) is 5. The molecule has 5 heteroatoms. The molecule has 1 unspecified atom stereocenters. The van der Waals surface area contributed by atoms with E-state index in [-0.39, 0.29) is 0 Å². The van der Waals surface area contributed by atoms with Crippen molar-refractivity contribution < 1.29 is 4.42 Å². The number of rotatable bonds is 6. The zero-order valence-corrected chi connectivity index (χ0v) is 11.4. The zero-order valence-electron chi connectivity index (χ0n) is 10.6. The smallest absolute Gasteiger partial charge is 0.229 e. The van der Waals surface area contributed by atoms with Gasteiger partial charge < -0.3 is 9.73 Å². The van der Waals surface area contributed by atoms with Crippen molar-refractivity contribution in [2.75, 3.05) is 12.3 Å². The summed E-state index contributed by atoms with van der Waals surface area (Å²) in [4.78, 5) is 0. The van der Waals surface area contributed by atoms with E-state index in [2.05, 4.69) is 29.4 Å². The summed E-state index contributed by atoms with van der Waals surface area (Å²) in [6.45, 7) is 5.32. The van der Waals surface area contributed by atoms with Crippen LogP contribution < -0.4 is 5.32 Å². The fraction of sp³-hybridized carbons (Fsp3) is 0.833. The summed E-state index contributed by atoms with van der Waals surface area (Å²) in [6.07, 6.45) is 4.38. The van der Waals surface area contributed by atoms with Crippen molar-refractivity contribution in [1.29, 1.82) is 0 Å². The molecule has 1 aliphatic rings. The molecule has 0 spiro atoms. The number of aryl methyl sites for hydroxylation is 1. The summed E-state index contributed by atoms with van der Waals surface area (Å²) in [6, 6.07) is 0.545. The van der Waals surface area contributed by atoms with Crippen molar-refractivity contribution >= 4 is 11.8 Å². The first-order valence-electron chi connectivity index (χ1n) is 6.43. The average molecular weight is 255 g/mol. The van der Waals surface area contributed by atoms with Crippen LogP contribution in [0.15, 0.2) is 4.42 Å². The lowest BCUT2D eigenvalue weighted by molar-refractivity contribution is 0.434. The number of nitrogens with zero attached hydrogens (tertiary/aromatic N) is 2. The van der Waals surface area contributed by atoms with Crippen LogP contribution in [-0.2, 0) is 6.42 Å². The van der Waals surface area contributed by atoms with Crippen molar-refractivity contribution in [3.8, 4) is 0 Å². The highest BCUT2D eigenvalue weighted by Gasteiger charge is 2.23. The highest BCUT2D eigenvalue weighted by Crippen LogP contribution is 2.38. The SMILES string of the molecule is CC(C)NCCCc1nnc(C2CCCS2)o1. The Morgan fingerprint density at radius 1 is 1.47 bits per heavy atom. The predicted octanol–water partition coefficient (Wildman–Crippen LogP) is 2.57. The maximum Gasteiger partial charge on any atom is 0.229 e. The lowest BCUT2D eigenvalue weighted by Gasteiger charge is -2.05. The second-order valence-corrected chi connectivity index (χ2v) is 6.06. The van der Waals surface area contributed by atoms with Crippen LogP contribution in [0.5, 0.6) is 0 Å². The van der Waals surface area contributed by atoms with Gasteiger partial charge in [0.25, 0.3) is 0 Å². The van der Waals surface area contributed by atoms with Crippen LogP contribution in [-0.4, -0.2) is 28.5 Å². The molecule has 1 saturated heterocycles. The third-order valence-electron chi connectivity index (χ3n) is 2.81. The monoisotopic (exact) mass is 255 g/mol. The summed E-state index contributed by atoms with van der Waals surface area (Å²) >= 11 is 1.93. The fourth-order valence-corrected chi connectivity index (χ4v) is 3.09. The first-order valence-corrected chi connectivity index (χ1v) is 7.48. The van der Waals surface area contributed by atoms with Gasteiger partial charge in [-0.1, -0.05) is 13.8 Å². The second kappa shape index (κ2) is 6.40. The van der Waals surface area contributed by atoms with Gasteiger partial charge in [0.2, 0.25) is 11.8 Å². The van der Waals surface area contributed by atoms with Gasteiger partial charge in [0, 0.05) is 12.5 Å². The van der Waals surface area contributed by atoms with Crippen LogP contribution in [0.3, 0.4) is 0 Å². The maximum absolute atomic E-state index is 5.70. The minimum atomic E-state index is 0.449. The number of aromatic nitrogens is 2. The van der Waals surface area contributed by atoms with E-state index in [0.29, 0.717) is 11.3 Å². The highest BCUT2D eigenvalue weighted by molar-refractivity contribution is 7.99. The second-order valence-electron chi connectivity index (χ2n) is 4.75. The van der Waals surface area contributed by atoms with Gasteiger partial charge >= 0.3 is 0 Å². The summed E-state index contributed by atoms with van der Waals surface area (Å²) in [5.74, 6) is 2.85. The lowest BCUT2D eigenvalue weighted by Crippen LogP contribution is -2.23. The topological polar surface area (TPSA) is 51.0 Å². The third kappa shape index (κ3) is 4.00. The van der Waals surface area contributed by atoms with Crippen molar-refractivity contribution in [3.05, 3.63) is 11.8 Å². The Hall–Kier alpha value is -0.550. The summed E-state index contributed by atoms with van der Waals surface area (Å²) in [5, 5.41) is 12.1. The van der Waals surface area contributed by atoms with E-state index in [1.54, 1.807) is 0 Å². The molecule has 1 aromatic rings. The third-order valence-corrected chi connectivity index (χ3v) is 4.17. The van der Waals surface area contributed by atoms with E-state index in [1.807, 2.05) is 11.8 Å². The molecule has 1 atom stereocenters. The quantitative estimate of drug-likeness (QED) is 0.792. The standard InChI is InChI=1S/C12H21N3OS/c1-9(2)13-7-3-6-11-14-15-12(16-11)10-5-4-8-17-10/h9-10,13H,3-8H2,1-2H3. The van der Waals surface area contributed by atoms with Gasteiger partial charge in [0.1, 0.15) is 0 Å². The molecule has 1 aromatic heterocycles. The Kier molecular flexibility index (Phi) is 4.86. The average Bonchev–Trinajstić information content (AvgIpc) is 2.94. The van der Waals surface area contributed by atoms with E-state index in [1.165, 1.54) is 18.6 Å². The molecule has 96 valence electrons. The van der Waals surface area contributed by atoms with Crippen molar-refractivity contribution in [3.63, 3.8) is 0 Å². The molecule has 0 aliphatic carbocycles. The van der Waals surface area contributed by atoms with Crippen molar-refractivity contribution in [2.24, 2.45) is 0 Å². The van der Waals surface area contributed by atoms with Gasteiger partial charge in [0.05, 0.1) is 5.25 Å². The minimum absolute atomic E-state index is 0.449. The highest BCUT2D eigenvalue weighted by atomic mass is 32.2. The van der Waals surface area contributed by atoms with Crippen LogP contribution in [0.2, 0.25) is 0 Å². The molecule has 17 heavy (non-hydrogen) atoms. The summed E-state index contributed by atoms with van der Waals surface area (Å²) in [7, 11) is 0. The first-order chi connectivity index (χ1) is 8.25. The molecule has 0 radical (unpaired) electrons. The molecule has 0 saturated carbocycles. The maximum atomic E-state index is 5.70. The molecule has 4 nitrogen and oxygen atoms in total. The predicted molar refractivity (Wildman–Crippen MR) is 70.2 cm³/mol. The van der Waals surface area contributed by atoms with Gasteiger partial charge in [-0.25, -0.2) is 0 Å². The Morgan fingerprint density at radius 2 is 2.35 bits per heavy atom. The Labute approximate surface area is 107 Å². The summed E-state index contributed by atoms with van der Waals surface area (Å²) in [5.41, 5.74) is 0. The molecule has 0 bridgehead atoms. The number of hydrogen-bond donors (Lipinski definition) is 1. The van der Waals surface area contributed by atoms with Gasteiger partial charge in [-0.15, -0.1) is 22.0 Å². The molecule has 2 heterocycles. The number of nitrogens with one attached hydrogen (secondary N) is 1. The number of thioether (sulfide) groups is 1. The minimum Gasteiger partial charge on any atom is -0.424 e. The van der Waals surface area contributed by atoms with Crippen molar-refractivity contribution in [2.45, 2.75) is 50.8 Å². The van der Waals surface area contributed by atoms with E-state index in [0.717, 1.165) is 31.2 Å². The first kappa shape index (κ1) is 12.9. The molecular weight excluding hydrogens is 234 g/mol. The largest absolute Gasteiger partial charge is 0.424 e. The molecule has 1 aliphatic heterocycles. The van der Waals surface area contributed by atoms with Crippen LogP contribution in [0, 0.1) is 0 Å². The van der Waals surface area contributed by atoms with Crippen molar-refractivity contribution in [1.82, 2.24) is 15.5 Å². The van der Waals surface area contributed by atoms with Gasteiger partial charge in [-0.05, 0) is 31.6 Å². The molecule has 1 N–H and O–H groups in total. The zero-order chi connectivity index (χ0) is 12.1. The molecule has 0 amide bonds. The Bertz CT molecular complexity index is 334. The van der Waals surface area contributed by atoms with E-state index in [9.17, 15) is 0 Å². The van der Waals surface area contributed by atoms with Crippen LogP contribution in [0.25, 0.3) is 0 Å². The molecule has 1 fully saturated rings. The van der Waals surface area contributed by atoms with Crippen LogP contribution >= 0.6 is 11.8 Å².